The summed E-state index contributed by atoms with van der Waals surface area (Å²) in [4.78, 5) is 17.8. The van der Waals surface area contributed by atoms with Crippen LogP contribution in [0.2, 0.25) is 0 Å². The smallest absolute Gasteiger partial charge is 0.222 e. The molecule has 0 unspecified atom stereocenters. The fourth-order valence-corrected chi connectivity index (χ4v) is 2.21. The van der Waals surface area contributed by atoms with Gasteiger partial charge in [-0.05, 0) is 30.5 Å². The van der Waals surface area contributed by atoms with E-state index in [2.05, 4.69) is 4.98 Å². The summed E-state index contributed by atoms with van der Waals surface area (Å²) in [6.45, 7) is 2.45. The van der Waals surface area contributed by atoms with E-state index in [4.69, 9.17) is 4.74 Å². The van der Waals surface area contributed by atoms with Gasteiger partial charge in [0.25, 0.3) is 0 Å². The van der Waals surface area contributed by atoms with Crippen LogP contribution in [0.25, 0.3) is 0 Å². The van der Waals surface area contributed by atoms with E-state index in [1.807, 2.05) is 24.1 Å². The van der Waals surface area contributed by atoms with E-state index < -0.39 is 0 Å². The Kier molecular flexibility index (Phi) is 4.70. The lowest BCUT2D eigenvalue weighted by molar-refractivity contribution is -0.130. The predicted molar refractivity (Wildman–Crippen MR) is 69.1 cm³/mol. The predicted octanol–water partition coefficient (Wildman–Crippen LogP) is 1.51. The molecular formula is C14H20N2O2. The second-order valence-corrected chi connectivity index (χ2v) is 4.86. The van der Waals surface area contributed by atoms with Gasteiger partial charge in [-0.15, -0.1) is 0 Å². The summed E-state index contributed by atoms with van der Waals surface area (Å²) < 4.78 is 5.32. The third kappa shape index (κ3) is 3.81. The Morgan fingerprint density at radius 2 is 2.28 bits per heavy atom. The third-order valence-electron chi connectivity index (χ3n) is 3.36. The van der Waals surface area contributed by atoms with Crippen LogP contribution in [-0.2, 0) is 16.0 Å². The number of aryl methyl sites for hydroxylation is 1. The topological polar surface area (TPSA) is 42.4 Å². The van der Waals surface area contributed by atoms with Gasteiger partial charge >= 0.3 is 0 Å². The van der Waals surface area contributed by atoms with Crippen LogP contribution in [0.4, 0.5) is 0 Å². The van der Waals surface area contributed by atoms with Gasteiger partial charge in [0.15, 0.2) is 0 Å². The van der Waals surface area contributed by atoms with Crippen LogP contribution in [-0.4, -0.2) is 42.6 Å². The van der Waals surface area contributed by atoms with Gasteiger partial charge in [0, 0.05) is 44.9 Å². The zero-order valence-corrected chi connectivity index (χ0v) is 10.8. The van der Waals surface area contributed by atoms with Crippen molar-refractivity contribution < 1.29 is 9.53 Å². The molecule has 0 N–H and O–H groups in total. The molecular weight excluding hydrogens is 228 g/mol. The Bertz CT molecular complexity index is 375. The lowest BCUT2D eigenvalue weighted by atomic mass is 10.1. The van der Waals surface area contributed by atoms with Gasteiger partial charge in [-0.1, -0.05) is 0 Å². The van der Waals surface area contributed by atoms with Crippen LogP contribution in [0.15, 0.2) is 24.5 Å². The second-order valence-electron chi connectivity index (χ2n) is 4.86. The number of amides is 1. The van der Waals surface area contributed by atoms with Crippen molar-refractivity contribution in [1.82, 2.24) is 9.88 Å². The van der Waals surface area contributed by atoms with Crippen molar-refractivity contribution in [3.8, 4) is 0 Å². The average Bonchev–Trinajstić information content (AvgIpc) is 2.90. The van der Waals surface area contributed by atoms with Gasteiger partial charge in [-0.2, -0.15) is 0 Å². The van der Waals surface area contributed by atoms with Crippen molar-refractivity contribution in [2.45, 2.75) is 19.3 Å². The van der Waals surface area contributed by atoms with Gasteiger partial charge in [0.1, 0.15) is 0 Å². The first-order chi connectivity index (χ1) is 8.75. The normalized spacial score (nSPS) is 18.8. The summed E-state index contributed by atoms with van der Waals surface area (Å²) in [5.74, 6) is 0.721. The first-order valence-electron chi connectivity index (χ1n) is 6.46. The third-order valence-corrected chi connectivity index (χ3v) is 3.36. The van der Waals surface area contributed by atoms with Crippen LogP contribution in [0.3, 0.4) is 0 Å². The molecule has 0 spiro atoms. The van der Waals surface area contributed by atoms with Crippen LogP contribution in [0.1, 0.15) is 18.4 Å². The largest absolute Gasteiger partial charge is 0.381 e. The summed E-state index contributed by atoms with van der Waals surface area (Å²) in [7, 11) is 1.88. The lowest BCUT2D eigenvalue weighted by Gasteiger charge is -2.20. The average molecular weight is 248 g/mol. The van der Waals surface area contributed by atoms with E-state index in [9.17, 15) is 4.79 Å². The number of ether oxygens (including phenoxy) is 1. The number of hydrogen-bond donors (Lipinski definition) is 0. The molecule has 0 aliphatic carbocycles. The van der Waals surface area contributed by atoms with E-state index >= 15 is 0 Å². The maximum Gasteiger partial charge on any atom is 0.222 e. The standard InChI is InChI=1S/C14H20N2O2/c1-16(10-13-6-9-18-11-13)14(17)3-2-12-4-7-15-8-5-12/h4-5,7-8,13H,2-3,6,9-11H2,1H3/t13-/m1/s1. The second kappa shape index (κ2) is 6.50. The number of carbonyl (C=O) groups excluding carboxylic acids is 1. The Labute approximate surface area is 108 Å². The molecule has 2 rings (SSSR count). The van der Waals surface area contributed by atoms with Crippen molar-refractivity contribution in [2.75, 3.05) is 26.8 Å². The molecule has 0 bridgehead atoms. The molecule has 2 heterocycles. The minimum absolute atomic E-state index is 0.207. The first-order valence-corrected chi connectivity index (χ1v) is 6.46. The lowest BCUT2D eigenvalue weighted by Crippen LogP contribution is -2.32. The zero-order chi connectivity index (χ0) is 12.8. The van der Waals surface area contributed by atoms with E-state index in [-0.39, 0.29) is 5.91 Å². The molecule has 4 heteroatoms. The minimum atomic E-state index is 0.207. The number of pyridine rings is 1. The molecule has 1 aliphatic rings. The maximum atomic E-state index is 12.0. The Balaban J connectivity index is 1.73. The van der Waals surface area contributed by atoms with Gasteiger partial charge in [-0.3, -0.25) is 9.78 Å². The Morgan fingerprint density at radius 1 is 1.50 bits per heavy atom. The highest BCUT2D eigenvalue weighted by atomic mass is 16.5. The van der Waals surface area contributed by atoms with Crippen molar-refractivity contribution in [2.24, 2.45) is 5.92 Å². The highest BCUT2D eigenvalue weighted by Gasteiger charge is 2.19. The van der Waals surface area contributed by atoms with Gasteiger partial charge in [0.05, 0.1) is 6.61 Å². The molecule has 98 valence electrons. The van der Waals surface area contributed by atoms with Gasteiger partial charge < -0.3 is 9.64 Å². The molecule has 1 aromatic rings. The molecule has 4 nitrogen and oxygen atoms in total. The molecule has 1 aliphatic heterocycles. The highest BCUT2D eigenvalue weighted by molar-refractivity contribution is 5.76. The van der Waals surface area contributed by atoms with E-state index in [0.717, 1.165) is 38.2 Å². The molecule has 1 aromatic heterocycles. The van der Waals surface area contributed by atoms with Gasteiger partial charge in [0.2, 0.25) is 5.91 Å². The van der Waals surface area contributed by atoms with E-state index in [1.54, 1.807) is 12.4 Å². The molecule has 1 fully saturated rings. The van der Waals surface area contributed by atoms with Crippen molar-refractivity contribution in [3.05, 3.63) is 30.1 Å². The summed E-state index contributed by atoms with van der Waals surface area (Å²) in [5.41, 5.74) is 1.16. The number of hydrogen-bond acceptors (Lipinski definition) is 3. The number of rotatable bonds is 5. The molecule has 0 saturated carbocycles. The van der Waals surface area contributed by atoms with Crippen LogP contribution < -0.4 is 0 Å². The number of carbonyl (C=O) groups is 1. The van der Waals surface area contributed by atoms with Crippen molar-refractivity contribution in [3.63, 3.8) is 0 Å². The summed E-state index contributed by atoms with van der Waals surface area (Å²) in [6.07, 6.45) is 5.95. The Morgan fingerprint density at radius 3 is 2.94 bits per heavy atom. The summed E-state index contributed by atoms with van der Waals surface area (Å²) >= 11 is 0. The SMILES string of the molecule is CN(C[C@H]1CCOC1)C(=O)CCc1ccncc1. The molecule has 0 aromatic carbocycles. The first kappa shape index (κ1) is 13.0. The fraction of sp³-hybridized carbons (Fsp3) is 0.571. The van der Waals surface area contributed by atoms with Crippen LogP contribution in [0.5, 0.6) is 0 Å². The molecule has 1 atom stereocenters. The quantitative estimate of drug-likeness (QED) is 0.793. The van der Waals surface area contributed by atoms with Crippen LogP contribution >= 0.6 is 0 Å². The van der Waals surface area contributed by atoms with E-state index in [1.165, 1.54) is 0 Å². The summed E-state index contributed by atoms with van der Waals surface area (Å²) in [6, 6.07) is 3.91. The van der Waals surface area contributed by atoms with Crippen LogP contribution in [0, 0.1) is 5.92 Å². The fourth-order valence-electron chi connectivity index (χ4n) is 2.21. The van der Waals surface area contributed by atoms with Crippen molar-refractivity contribution >= 4 is 5.91 Å². The zero-order valence-electron chi connectivity index (χ0n) is 10.8. The monoisotopic (exact) mass is 248 g/mol. The molecule has 1 saturated heterocycles. The summed E-state index contributed by atoms with van der Waals surface area (Å²) in [5, 5.41) is 0. The number of aromatic nitrogens is 1. The molecule has 0 radical (unpaired) electrons. The maximum absolute atomic E-state index is 12.0. The van der Waals surface area contributed by atoms with Crippen molar-refractivity contribution in [1.29, 1.82) is 0 Å². The molecule has 18 heavy (non-hydrogen) atoms. The highest BCUT2D eigenvalue weighted by Crippen LogP contribution is 2.14. The van der Waals surface area contributed by atoms with E-state index in [0.29, 0.717) is 12.3 Å². The number of nitrogens with zero attached hydrogens (tertiary/aromatic N) is 2. The molecule has 1 amide bonds. The minimum Gasteiger partial charge on any atom is -0.381 e. The Hall–Kier alpha value is -1.42. The van der Waals surface area contributed by atoms with Gasteiger partial charge in [-0.25, -0.2) is 0 Å².